The molecule has 102 valence electrons. The van der Waals surface area contributed by atoms with E-state index in [4.69, 9.17) is 5.26 Å². The van der Waals surface area contributed by atoms with Gasteiger partial charge in [0.25, 0.3) is 0 Å². The van der Waals surface area contributed by atoms with Gasteiger partial charge in [0.1, 0.15) is 6.04 Å². The number of carbonyl (C=O) groups is 1. The number of nitrogens with zero attached hydrogens (tertiary/aromatic N) is 2. The SMILES string of the molecule is CCC(C)C(C(=O)N(C)C(C)C#N)c1ccccc1. The summed E-state index contributed by atoms with van der Waals surface area (Å²) in [6.45, 7) is 5.92. The summed E-state index contributed by atoms with van der Waals surface area (Å²) in [4.78, 5) is 14.2. The van der Waals surface area contributed by atoms with Gasteiger partial charge in [-0.05, 0) is 18.4 Å². The first-order chi connectivity index (χ1) is 9.02. The number of benzene rings is 1. The van der Waals surface area contributed by atoms with E-state index in [1.165, 1.54) is 0 Å². The fourth-order valence-electron chi connectivity index (χ4n) is 2.11. The van der Waals surface area contributed by atoms with Gasteiger partial charge in [-0.3, -0.25) is 4.79 Å². The summed E-state index contributed by atoms with van der Waals surface area (Å²) >= 11 is 0. The van der Waals surface area contributed by atoms with Crippen LogP contribution in [0.3, 0.4) is 0 Å². The predicted octanol–water partition coefficient (Wildman–Crippen LogP) is 3.19. The van der Waals surface area contributed by atoms with Gasteiger partial charge in [0, 0.05) is 7.05 Å². The lowest BCUT2D eigenvalue weighted by atomic mass is 9.84. The van der Waals surface area contributed by atoms with Gasteiger partial charge in [-0.2, -0.15) is 5.26 Å². The second-order valence-corrected chi connectivity index (χ2v) is 5.03. The predicted molar refractivity (Wildman–Crippen MR) is 76.5 cm³/mol. The van der Waals surface area contributed by atoms with Crippen molar-refractivity contribution in [1.82, 2.24) is 4.90 Å². The van der Waals surface area contributed by atoms with Crippen molar-refractivity contribution < 1.29 is 4.79 Å². The highest BCUT2D eigenvalue weighted by Gasteiger charge is 2.30. The number of carbonyl (C=O) groups excluding carboxylic acids is 1. The van der Waals surface area contributed by atoms with Crippen molar-refractivity contribution in [1.29, 1.82) is 5.26 Å². The molecule has 0 aliphatic carbocycles. The van der Waals surface area contributed by atoms with Crippen LogP contribution in [0.25, 0.3) is 0 Å². The van der Waals surface area contributed by atoms with Gasteiger partial charge in [-0.15, -0.1) is 0 Å². The third kappa shape index (κ3) is 3.57. The van der Waals surface area contributed by atoms with Crippen LogP contribution < -0.4 is 0 Å². The third-order valence-corrected chi connectivity index (χ3v) is 3.75. The Bertz CT molecular complexity index is 450. The van der Waals surface area contributed by atoms with E-state index in [9.17, 15) is 4.79 Å². The molecule has 0 saturated heterocycles. The zero-order chi connectivity index (χ0) is 14.4. The van der Waals surface area contributed by atoms with Crippen molar-refractivity contribution in [3.63, 3.8) is 0 Å². The number of likely N-dealkylation sites (N-methyl/N-ethyl adjacent to an activating group) is 1. The molecule has 1 aromatic rings. The molecule has 0 aliphatic rings. The Morgan fingerprint density at radius 2 is 1.89 bits per heavy atom. The Morgan fingerprint density at radius 1 is 1.32 bits per heavy atom. The Balaban J connectivity index is 3.06. The van der Waals surface area contributed by atoms with E-state index in [2.05, 4.69) is 19.9 Å². The number of nitriles is 1. The molecular formula is C16H22N2O. The molecule has 0 aromatic heterocycles. The van der Waals surface area contributed by atoms with Crippen molar-refractivity contribution in [3.8, 4) is 6.07 Å². The molecular weight excluding hydrogens is 236 g/mol. The average molecular weight is 258 g/mol. The van der Waals surface area contributed by atoms with Gasteiger partial charge in [0.2, 0.25) is 5.91 Å². The maximum atomic E-state index is 12.6. The van der Waals surface area contributed by atoms with Crippen molar-refractivity contribution in [3.05, 3.63) is 35.9 Å². The lowest BCUT2D eigenvalue weighted by Gasteiger charge is -2.29. The maximum Gasteiger partial charge on any atom is 0.231 e. The Morgan fingerprint density at radius 3 is 2.37 bits per heavy atom. The van der Waals surface area contributed by atoms with E-state index in [1.54, 1.807) is 18.9 Å². The maximum absolute atomic E-state index is 12.6. The minimum Gasteiger partial charge on any atom is -0.329 e. The van der Waals surface area contributed by atoms with Crippen LogP contribution in [0.15, 0.2) is 30.3 Å². The second kappa shape index (κ2) is 6.94. The van der Waals surface area contributed by atoms with E-state index >= 15 is 0 Å². The third-order valence-electron chi connectivity index (χ3n) is 3.75. The van der Waals surface area contributed by atoms with E-state index < -0.39 is 6.04 Å². The fourth-order valence-corrected chi connectivity index (χ4v) is 2.11. The normalized spacial score (nSPS) is 15.1. The van der Waals surface area contributed by atoms with Crippen LogP contribution in [0.5, 0.6) is 0 Å². The van der Waals surface area contributed by atoms with E-state index in [-0.39, 0.29) is 17.7 Å². The summed E-state index contributed by atoms with van der Waals surface area (Å²) in [7, 11) is 1.70. The molecule has 1 amide bonds. The molecule has 0 radical (unpaired) electrons. The molecule has 0 heterocycles. The van der Waals surface area contributed by atoms with Crippen molar-refractivity contribution in [2.45, 2.75) is 39.2 Å². The monoisotopic (exact) mass is 258 g/mol. The minimum absolute atomic E-state index is 0.0228. The fraction of sp³-hybridized carbons (Fsp3) is 0.500. The van der Waals surface area contributed by atoms with Crippen LogP contribution in [0, 0.1) is 17.2 Å². The zero-order valence-electron chi connectivity index (χ0n) is 12.1. The van der Waals surface area contributed by atoms with Gasteiger partial charge in [0.15, 0.2) is 0 Å². The van der Waals surface area contributed by atoms with Gasteiger partial charge in [-0.25, -0.2) is 0 Å². The van der Waals surface area contributed by atoms with Crippen LogP contribution in [0.2, 0.25) is 0 Å². The highest BCUT2D eigenvalue weighted by Crippen LogP contribution is 2.29. The van der Waals surface area contributed by atoms with Crippen LogP contribution in [-0.2, 0) is 4.79 Å². The highest BCUT2D eigenvalue weighted by molar-refractivity contribution is 5.84. The van der Waals surface area contributed by atoms with Crippen LogP contribution in [0.1, 0.15) is 38.7 Å². The van der Waals surface area contributed by atoms with Gasteiger partial charge >= 0.3 is 0 Å². The lowest BCUT2D eigenvalue weighted by molar-refractivity contribution is -0.133. The summed E-state index contributed by atoms with van der Waals surface area (Å²) in [5.74, 6) is 0.102. The average Bonchev–Trinajstić information content (AvgIpc) is 2.46. The van der Waals surface area contributed by atoms with Gasteiger partial charge in [-0.1, -0.05) is 50.6 Å². The quantitative estimate of drug-likeness (QED) is 0.814. The van der Waals surface area contributed by atoms with Crippen LogP contribution in [-0.4, -0.2) is 23.9 Å². The molecule has 0 saturated carbocycles. The molecule has 3 heteroatoms. The topological polar surface area (TPSA) is 44.1 Å². The number of rotatable bonds is 5. The summed E-state index contributed by atoms with van der Waals surface area (Å²) in [6.07, 6.45) is 0.931. The molecule has 0 N–H and O–H groups in total. The van der Waals surface area contributed by atoms with Gasteiger partial charge in [0.05, 0.1) is 12.0 Å². The first-order valence-electron chi connectivity index (χ1n) is 6.74. The summed E-state index contributed by atoms with van der Waals surface area (Å²) in [5, 5.41) is 8.96. The largest absolute Gasteiger partial charge is 0.329 e. The molecule has 1 rings (SSSR count). The number of hydrogen-bond donors (Lipinski definition) is 0. The number of amides is 1. The van der Waals surface area contributed by atoms with E-state index in [0.717, 1.165) is 12.0 Å². The molecule has 3 unspecified atom stereocenters. The summed E-state index contributed by atoms with van der Waals surface area (Å²) < 4.78 is 0. The molecule has 1 aromatic carbocycles. The highest BCUT2D eigenvalue weighted by atomic mass is 16.2. The Hall–Kier alpha value is -1.82. The van der Waals surface area contributed by atoms with Crippen LogP contribution in [0.4, 0.5) is 0 Å². The Labute approximate surface area is 115 Å². The number of hydrogen-bond acceptors (Lipinski definition) is 2. The smallest absolute Gasteiger partial charge is 0.231 e. The summed E-state index contributed by atoms with van der Waals surface area (Å²) in [6, 6.07) is 11.5. The molecule has 0 spiro atoms. The van der Waals surface area contributed by atoms with E-state index in [0.29, 0.717) is 0 Å². The molecule has 0 bridgehead atoms. The Kier molecular flexibility index (Phi) is 5.57. The van der Waals surface area contributed by atoms with E-state index in [1.807, 2.05) is 30.3 Å². The molecule has 0 fully saturated rings. The van der Waals surface area contributed by atoms with Crippen molar-refractivity contribution in [2.75, 3.05) is 7.05 Å². The lowest BCUT2D eigenvalue weighted by Crippen LogP contribution is -2.39. The molecule has 19 heavy (non-hydrogen) atoms. The van der Waals surface area contributed by atoms with Crippen LogP contribution >= 0.6 is 0 Å². The van der Waals surface area contributed by atoms with Crippen molar-refractivity contribution in [2.24, 2.45) is 5.92 Å². The van der Waals surface area contributed by atoms with Crippen molar-refractivity contribution >= 4 is 5.91 Å². The molecule has 0 aliphatic heterocycles. The molecule has 3 atom stereocenters. The summed E-state index contributed by atoms with van der Waals surface area (Å²) in [5.41, 5.74) is 1.03. The second-order valence-electron chi connectivity index (χ2n) is 5.03. The minimum atomic E-state index is -0.400. The standard InChI is InChI=1S/C16H22N2O/c1-5-12(2)15(14-9-7-6-8-10-14)16(19)18(4)13(3)11-17/h6-10,12-13,15H,5H2,1-4H3. The molecule has 3 nitrogen and oxygen atoms in total. The first-order valence-corrected chi connectivity index (χ1v) is 6.74. The van der Waals surface area contributed by atoms with Gasteiger partial charge < -0.3 is 4.90 Å². The first kappa shape index (κ1) is 15.2. The zero-order valence-corrected chi connectivity index (χ0v) is 12.1.